The predicted octanol–water partition coefficient (Wildman–Crippen LogP) is 6.08. The monoisotopic (exact) mass is 513 g/mol. The summed E-state index contributed by atoms with van der Waals surface area (Å²) in [4.78, 5) is 0. The van der Waals surface area contributed by atoms with Crippen molar-refractivity contribution in [2.75, 3.05) is 27.4 Å². The Morgan fingerprint density at radius 2 is 1.61 bits per heavy atom. The zero-order valence-corrected chi connectivity index (χ0v) is 21.3. The number of hydrogen-bond donors (Lipinski definition) is 1. The average Bonchev–Trinajstić information content (AvgIpc) is 2.82. The number of methoxy groups -OCH3 is 2. The van der Waals surface area contributed by atoms with Crippen LogP contribution in [0, 0.1) is 6.92 Å². The highest BCUT2D eigenvalue weighted by Crippen LogP contribution is 2.37. The molecule has 0 heterocycles. The van der Waals surface area contributed by atoms with Crippen molar-refractivity contribution in [3.63, 3.8) is 0 Å². The van der Waals surface area contributed by atoms with Crippen molar-refractivity contribution in [3.8, 4) is 23.0 Å². The molecular weight excluding hydrogens is 482 g/mol. The van der Waals surface area contributed by atoms with Gasteiger partial charge in [-0.3, -0.25) is 0 Å². The third kappa shape index (κ3) is 6.89. The van der Waals surface area contributed by atoms with Crippen LogP contribution < -0.4 is 24.3 Å². The first-order valence-electron chi connectivity index (χ1n) is 11.1. The fourth-order valence-electron chi connectivity index (χ4n) is 3.55. The van der Waals surface area contributed by atoms with Gasteiger partial charge in [0.2, 0.25) is 0 Å². The molecule has 0 saturated carbocycles. The molecule has 0 aromatic heterocycles. The molecule has 0 saturated heterocycles. The van der Waals surface area contributed by atoms with Gasteiger partial charge in [-0.15, -0.1) is 0 Å². The van der Waals surface area contributed by atoms with Crippen LogP contribution in [0.2, 0.25) is 0 Å². The molecule has 0 aliphatic carbocycles. The molecule has 0 unspecified atom stereocenters. The molecule has 1 N–H and O–H groups in total. The van der Waals surface area contributed by atoms with E-state index in [9.17, 15) is 0 Å². The Morgan fingerprint density at radius 1 is 0.848 bits per heavy atom. The normalized spacial score (nSPS) is 10.7. The van der Waals surface area contributed by atoms with Crippen molar-refractivity contribution in [1.82, 2.24) is 5.32 Å². The maximum absolute atomic E-state index is 6.15. The van der Waals surface area contributed by atoms with E-state index in [-0.39, 0.29) is 0 Å². The number of aryl methyl sites for hydroxylation is 1. The van der Waals surface area contributed by atoms with Crippen molar-refractivity contribution >= 4 is 15.9 Å². The molecule has 0 spiro atoms. The standard InChI is InChI=1S/C27H32BrNO4/c1-5-32-26-16-21(14-23(28)27(26)33-18-22-9-7-6-8-19(22)2)17-29-13-12-20-10-11-24(30-3)25(15-20)31-4/h6-11,14-16,29H,5,12-13,17-18H2,1-4H3. The van der Waals surface area contributed by atoms with Gasteiger partial charge in [0.1, 0.15) is 6.61 Å². The summed E-state index contributed by atoms with van der Waals surface area (Å²) in [6.07, 6.45) is 0.886. The Labute approximate surface area is 205 Å². The van der Waals surface area contributed by atoms with Crippen molar-refractivity contribution in [3.05, 3.63) is 81.3 Å². The first kappa shape index (κ1) is 24.9. The summed E-state index contributed by atoms with van der Waals surface area (Å²) in [6, 6.07) is 18.4. The Hall–Kier alpha value is -2.70. The molecule has 33 heavy (non-hydrogen) atoms. The van der Waals surface area contributed by atoms with Crippen molar-refractivity contribution in [2.45, 2.75) is 33.4 Å². The fourth-order valence-corrected chi connectivity index (χ4v) is 4.15. The summed E-state index contributed by atoms with van der Waals surface area (Å²) in [6.45, 7) is 6.70. The summed E-state index contributed by atoms with van der Waals surface area (Å²) in [5.41, 5.74) is 4.69. The van der Waals surface area contributed by atoms with Crippen LogP contribution >= 0.6 is 15.9 Å². The van der Waals surface area contributed by atoms with E-state index in [1.54, 1.807) is 14.2 Å². The van der Waals surface area contributed by atoms with Crippen LogP contribution in [0.4, 0.5) is 0 Å². The second kappa shape index (κ2) is 12.5. The van der Waals surface area contributed by atoms with Crippen LogP contribution in [0.15, 0.2) is 59.1 Å². The van der Waals surface area contributed by atoms with Gasteiger partial charge in [-0.2, -0.15) is 0 Å². The molecule has 0 aliphatic heterocycles. The second-order valence-corrected chi connectivity index (χ2v) is 8.52. The minimum absolute atomic E-state index is 0.494. The lowest BCUT2D eigenvalue weighted by molar-refractivity contribution is 0.267. The first-order valence-corrected chi connectivity index (χ1v) is 11.9. The van der Waals surface area contributed by atoms with E-state index < -0.39 is 0 Å². The van der Waals surface area contributed by atoms with Crippen molar-refractivity contribution in [1.29, 1.82) is 0 Å². The van der Waals surface area contributed by atoms with E-state index in [1.807, 2.05) is 37.3 Å². The highest BCUT2D eigenvalue weighted by Gasteiger charge is 2.13. The van der Waals surface area contributed by atoms with Crippen LogP contribution in [0.5, 0.6) is 23.0 Å². The Balaban J connectivity index is 1.61. The maximum atomic E-state index is 6.15. The van der Waals surface area contributed by atoms with Gasteiger partial charge in [0.15, 0.2) is 23.0 Å². The molecule has 3 aromatic carbocycles. The highest BCUT2D eigenvalue weighted by molar-refractivity contribution is 9.10. The van der Waals surface area contributed by atoms with Gasteiger partial charge in [-0.05, 0) is 89.3 Å². The number of benzene rings is 3. The van der Waals surface area contributed by atoms with E-state index in [0.29, 0.717) is 13.2 Å². The smallest absolute Gasteiger partial charge is 0.175 e. The summed E-state index contributed by atoms with van der Waals surface area (Å²) in [5, 5.41) is 3.51. The fraction of sp³-hybridized carbons (Fsp3) is 0.333. The molecular formula is C27H32BrNO4. The van der Waals surface area contributed by atoms with Crippen LogP contribution in [0.3, 0.4) is 0 Å². The molecule has 6 heteroatoms. The van der Waals surface area contributed by atoms with Crippen LogP contribution in [0.1, 0.15) is 29.2 Å². The topological polar surface area (TPSA) is 49.0 Å². The van der Waals surface area contributed by atoms with E-state index in [2.05, 4.69) is 52.4 Å². The molecule has 0 amide bonds. The number of halogens is 1. The lowest BCUT2D eigenvalue weighted by Crippen LogP contribution is -2.17. The Morgan fingerprint density at radius 3 is 2.33 bits per heavy atom. The van der Waals surface area contributed by atoms with E-state index in [1.165, 1.54) is 11.1 Å². The molecule has 176 valence electrons. The molecule has 0 bridgehead atoms. The van der Waals surface area contributed by atoms with Gasteiger partial charge < -0.3 is 24.3 Å². The highest BCUT2D eigenvalue weighted by atomic mass is 79.9. The van der Waals surface area contributed by atoms with Crippen molar-refractivity contribution in [2.24, 2.45) is 0 Å². The van der Waals surface area contributed by atoms with Gasteiger partial charge >= 0.3 is 0 Å². The van der Waals surface area contributed by atoms with Gasteiger partial charge in [-0.1, -0.05) is 30.3 Å². The Kier molecular flexibility index (Phi) is 9.46. The molecule has 0 radical (unpaired) electrons. The number of rotatable bonds is 12. The molecule has 3 rings (SSSR count). The van der Waals surface area contributed by atoms with Crippen LogP contribution in [-0.4, -0.2) is 27.4 Å². The van der Waals surface area contributed by atoms with Gasteiger partial charge in [0.05, 0.1) is 25.3 Å². The SMILES string of the molecule is CCOc1cc(CNCCc2ccc(OC)c(OC)c2)cc(Br)c1OCc1ccccc1C. The van der Waals surface area contributed by atoms with Crippen LogP contribution in [-0.2, 0) is 19.6 Å². The summed E-state index contributed by atoms with van der Waals surface area (Å²) in [7, 11) is 3.30. The largest absolute Gasteiger partial charge is 0.493 e. The van der Waals surface area contributed by atoms with Gasteiger partial charge in [-0.25, -0.2) is 0 Å². The molecule has 0 aliphatic rings. The van der Waals surface area contributed by atoms with E-state index >= 15 is 0 Å². The van der Waals surface area contributed by atoms with E-state index in [0.717, 1.165) is 58.1 Å². The zero-order valence-electron chi connectivity index (χ0n) is 19.7. The van der Waals surface area contributed by atoms with Crippen LogP contribution in [0.25, 0.3) is 0 Å². The second-order valence-electron chi connectivity index (χ2n) is 7.67. The molecule has 3 aromatic rings. The average molecular weight is 514 g/mol. The molecule has 0 fully saturated rings. The minimum atomic E-state index is 0.494. The van der Waals surface area contributed by atoms with E-state index in [4.69, 9.17) is 18.9 Å². The van der Waals surface area contributed by atoms with Crippen molar-refractivity contribution < 1.29 is 18.9 Å². The summed E-state index contributed by atoms with van der Waals surface area (Å²) < 4.78 is 23.6. The number of hydrogen-bond acceptors (Lipinski definition) is 5. The zero-order chi connectivity index (χ0) is 23.6. The Bertz CT molecular complexity index is 1050. The number of nitrogens with one attached hydrogen (secondary N) is 1. The lowest BCUT2D eigenvalue weighted by atomic mass is 10.1. The third-order valence-corrected chi connectivity index (χ3v) is 5.96. The molecule has 0 atom stereocenters. The molecule has 5 nitrogen and oxygen atoms in total. The maximum Gasteiger partial charge on any atom is 0.175 e. The van der Waals surface area contributed by atoms with Gasteiger partial charge in [0.25, 0.3) is 0 Å². The summed E-state index contributed by atoms with van der Waals surface area (Å²) in [5.74, 6) is 2.97. The predicted molar refractivity (Wildman–Crippen MR) is 136 cm³/mol. The third-order valence-electron chi connectivity index (χ3n) is 5.37. The lowest BCUT2D eigenvalue weighted by Gasteiger charge is -2.16. The quantitative estimate of drug-likeness (QED) is 0.297. The minimum Gasteiger partial charge on any atom is -0.493 e. The number of ether oxygens (including phenoxy) is 4. The summed E-state index contributed by atoms with van der Waals surface area (Å²) >= 11 is 3.68. The van der Waals surface area contributed by atoms with Gasteiger partial charge in [0, 0.05) is 6.54 Å². The first-order chi connectivity index (χ1) is 16.0.